The highest BCUT2D eigenvalue weighted by Crippen LogP contribution is 2.39. The van der Waals surface area contributed by atoms with Crippen LogP contribution in [0.5, 0.6) is 6.01 Å². The molecule has 6 nitrogen and oxygen atoms in total. The van der Waals surface area contributed by atoms with Crippen LogP contribution in [0.3, 0.4) is 0 Å². The van der Waals surface area contributed by atoms with Crippen LogP contribution in [0.2, 0.25) is 0 Å². The molecule has 39 heavy (non-hydrogen) atoms. The first-order valence-electron chi connectivity index (χ1n) is 11.3. The normalized spacial score (nSPS) is 17.7. The minimum atomic E-state index is -4.72. The molecule has 0 spiro atoms. The Morgan fingerprint density at radius 3 is 2.31 bits per heavy atom. The molecule has 1 aromatic heterocycles. The number of nitrogens with one attached hydrogen (secondary N) is 2. The van der Waals surface area contributed by atoms with E-state index < -0.39 is 54.6 Å². The third-order valence-corrected chi connectivity index (χ3v) is 5.89. The Hall–Kier alpha value is -3.87. The molecule has 0 saturated carbocycles. The number of nitrogens with zero attached hydrogens (tertiary/aromatic N) is 3. The highest BCUT2D eigenvalue weighted by atomic mass is 35.5. The average Bonchev–Trinajstić information content (AvgIpc) is 2.88. The van der Waals surface area contributed by atoms with Crippen molar-refractivity contribution >= 4 is 34.8 Å². The molecule has 0 aliphatic heterocycles. The van der Waals surface area contributed by atoms with Gasteiger partial charge in [0.1, 0.15) is 0 Å². The zero-order valence-corrected chi connectivity index (χ0v) is 20.5. The van der Waals surface area contributed by atoms with Gasteiger partial charge in [-0.05, 0) is 35.4 Å². The van der Waals surface area contributed by atoms with Crippen molar-refractivity contribution in [2.24, 2.45) is 0 Å². The molecule has 0 saturated heterocycles. The van der Waals surface area contributed by atoms with Crippen LogP contribution < -0.4 is 15.4 Å². The molecule has 1 unspecified atom stereocenters. The predicted octanol–water partition coefficient (Wildman–Crippen LogP) is 7.31. The van der Waals surface area contributed by atoms with Crippen LogP contribution >= 0.6 is 11.6 Å². The Morgan fingerprint density at radius 2 is 1.62 bits per heavy atom. The average molecular weight is 574 g/mol. The van der Waals surface area contributed by atoms with Crippen molar-refractivity contribution in [2.75, 3.05) is 23.8 Å². The maximum absolute atomic E-state index is 15.9. The van der Waals surface area contributed by atoms with E-state index in [-0.39, 0.29) is 17.1 Å². The van der Waals surface area contributed by atoms with E-state index in [0.29, 0.717) is 5.57 Å². The number of aromatic nitrogens is 3. The summed E-state index contributed by atoms with van der Waals surface area (Å²) >= 11 is 6.16. The number of benzene rings is 2. The maximum Gasteiger partial charge on any atom is 0.422 e. The van der Waals surface area contributed by atoms with E-state index in [1.165, 1.54) is 12.1 Å². The quantitative estimate of drug-likeness (QED) is 0.275. The maximum atomic E-state index is 15.9. The summed E-state index contributed by atoms with van der Waals surface area (Å²) < 4.78 is 97.8. The van der Waals surface area contributed by atoms with Gasteiger partial charge < -0.3 is 15.4 Å². The molecule has 0 radical (unpaired) electrons. The highest BCUT2D eigenvalue weighted by molar-refractivity contribution is 6.31. The van der Waals surface area contributed by atoms with Gasteiger partial charge in [0.05, 0.1) is 17.1 Å². The second-order valence-corrected chi connectivity index (χ2v) is 8.85. The SMILES string of the molecule is FC(F)(F)COc1nc(NCC2(F)CC(c3ccccc3)=CC=C2Cl)nc(Nc2cccc(C(F)(F)F)c2)n1. The van der Waals surface area contributed by atoms with E-state index in [1.807, 2.05) is 6.07 Å². The molecule has 1 heterocycles. The van der Waals surface area contributed by atoms with E-state index in [0.717, 1.165) is 23.8 Å². The fourth-order valence-corrected chi connectivity index (χ4v) is 3.79. The zero-order valence-electron chi connectivity index (χ0n) is 19.7. The number of rotatable bonds is 8. The van der Waals surface area contributed by atoms with E-state index >= 15 is 4.39 Å². The number of alkyl halides is 7. The topological polar surface area (TPSA) is 72.0 Å². The van der Waals surface area contributed by atoms with E-state index in [4.69, 9.17) is 11.6 Å². The van der Waals surface area contributed by atoms with Gasteiger partial charge in [-0.1, -0.05) is 54.1 Å². The fraction of sp³-hybridized carbons (Fsp3) is 0.240. The van der Waals surface area contributed by atoms with Gasteiger partial charge >= 0.3 is 18.4 Å². The van der Waals surface area contributed by atoms with E-state index in [1.54, 1.807) is 30.3 Å². The molecule has 4 rings (SSSR count). The van der Waals surface area contributed by atoms with Crippen LogP contribution in [0.1, 0.15) is 17.5 Å². The lowest BCUT2D eigenvalue weighted by Gasteiger charge is -2.29. The standard InChI is InChI=1S/C25H19ClF7N5O/c26-19-10-9-16(15-5-2-1-3-6-15)12-23(19,27)13-34-20-36-21(38-22(37-20)39-14-24(28,29)30)35-18-8-4-7-17(11-18)25(31,32)33/h1-11H,12-14H2,(H2,34,35,36,37,38). The molecule has 0 amide bonds. The van der Waals surface area contributed by atoms with Crippen molar-refractivity contribution in [1.82, 2.24) is 15.0 Å². The summed E-state index contributed by atoms with van der Waals surface area (Å²) in [7, 11) is 0. The molecule has 0 fully saturated rings. The van der Waals surface area contributed by atoms with Crippen LogP contribution in [-0.2, 0) is 6.18 Å². The Morgan fingerprint density at radius 1 is 0.897 bits per heavy atom. The molecule has 1 atom stereocenters. The van der Waals surface area contributed by atoms with Crippen LogP contribution in [0.4, 0.5) is 48.3 Å². The smallest absolute Gasteiger partial charge is 0.422 e. The first-order chi connectivity index (χ1) is 18.3. The van der Waals surface area contributed by atoms with Crippen LogP contribution in [0.15, 0.2) is 71.8 Å². The van der Waals surface area contributed by atoms with Gasteiger partial charge in [-0.25, -0.2) is 4.39 Å². The van der Waals surface area contributed by atoms with Gasteiger partial charge in [-0.3, -0.25) is 0 Å². The summed E-state index contributed by atoms with van der Waals surface area (Å²) in [6.45, 7) is -2.23. The van der Waals surface area contributed by atoms with Gasteiger partial charge in [0.2, 0.25) is 11.9 Å². The molecular formula is C25H19ClF7N5O. The van der Waals surface area contributed by atoms with Gasteiger partial charge in [-0.2, -0.15) is 41.3 Å². The summed E-state index contributed by atoms with van der Waals surface area (Å²) in [6, 6.07) is 12.2. The summed E-state index contributed by atoms with van der Waals surface area (Å²) in [5.74, 6) is -0.832. The summed E-state index contributed by atoms with van der Waals surface area (Å²) in [4.78, 5) is 11.4. The van der Waals surface area contributed by atoms with Crippen molar-refractivity contribution in [1.29, 1.82) is 0 Å². The highest BCUT2D eigenvalue weighted by Gasteiger charge is 2.37. The number of hydrogen-bond acceptors (Lipinski definition) is 6. The third kappa shape index (κ3) is 7.59. The molecule has 14 heteroatoms. The van der Waals surface area contributed by atoms with Crippen molar-refractivity contribution < 1.29 is 35.5 Å². The van der Waals surface area contributed by atoms with Crippen molar-refractivity contribution in [3.8, 4) is 6.01 Å². The molecule has 2 N–H and O–H groups in total. The van der Waals surface area contributed by atoms with Crippen molar-refractivity contribution in [3.05, 3.63) is 82.9 Å². The Balaban J connectivity index is 1.56. The minimum absolute atomic E-state index is 0.110. The molecular weight excluding hydrogens is 555 g/mol. The van der Waals surface area contributed by atoms with E-state index in [9.17, 15) is 26.3 Å². The van der Waals surface area contributed by atoms with Crippen LogP contribution in [-0.4, -0.2) is 39.9 Å². The number of anilines is 3. The molecule has 1 aliphatic rings. The predicted molar refractivity (Wildman–Crippen MR) is 131 cm³/mol. The van der Waals surface area contributed by atoms with Gasteiger partial charge in [0, 0.05) is 12.1 Å². The van der Waals surface area contributed by atoms with Crippen LogP contribution in [0.25, 0.3) is 5.57 Å². The number of ether oxygens (including phenoxy) is 1. The van der Waals surface area contributed by atoms with Crippen molar-refractivity contribution in [2.45, 2.75) is 24.4 Å². The Kier molecular flexibility index (Phi) is 8.00. The van der Waals surface area contributed by atoms with Crippen LogP contribution in [0, 0.1) is 0 Å². The largest absolute Gasteiger partial charge is 0.454 e. The molecule has 0 bridgehead atoms. The first kappa shape index (κ1) is 28.1. The van der Waals surface area contributed by atoms with Gasteiger partial charge in [0.25, 0.3) is 0 Å². The lowest BCUT2D eigenvalue weighted by Crippen LogP contribution is -2.35. The monoisotopic (exact) mass is 573 g/mol. The molecule has 3 aromatic rings. The number of allylic oxidation sites excluding steroid dienone is 3. The zero-order chi connectivity index (χ0) is 28.3. The number of halogens is 8. The molecule has 2 aromatic carbocycles. The molecule has 1 aliphatic carbocycles. The third-order valence-electron chi connectivity index (χ3n) is 5.43. The summed E-state index contributed by atoms with van der Waals surface area (Å²) in [5, 5.41) is 4.94. The fourth-order valence-electron chi connectivity index (χ4n) is 3.59. The lowest BCUT2D eigenvalue weighted by molar-refractivity contribution is -0.154. The second-order valence-electron chi connectivity index (χ2n) is 8.44. The van der Waals surface area contributed by atoms with Gasteiger partial charge in [-0.15, -0.1) is 0 Å². The Labute approximate surface area is 222 Å². The first-order valence-corrected chi connectivity index (χ1v) is 11.6. The molecule has 206 valence electrons. The van der Waals surface area contributed by atoms with Crippen molar-refractivity contribution in [3.63, 3.8) is 0 Å². The number of hydrogen-bond donors (Lipinski definition) is 2. The Bertz CT molecular complexity index is 1380. The summed E-state index contributed by atoms with van der Waals surface area (Å²) in [5.41, 5.74) is -1.79. The minimum Gasteiger partial charge on any atom is -0.454 e. The lowest BCUT2D eigenvalue weighted by atomic mass is 9.87. The van der Waals surface area contributed by atoms with Gasteiger partial charge in [0.15, 0.2) is 12.3 Å². The van der Waals surface area contributed by atoms with E-state index in [2.05, 4.69) is 30.3 Å². The second kappa shape index (κ2) is 11.1. The summed E-state index contributed by atoms with van der Waals surface area (Å²) in [6.07, 6.45) is -6.41.